The van der Waals surface area contributed by atoms with Crippen LogP contribution < -0.4 is 0 Å². The van der Waals surface area contributed by atoms with Crippen molar-refractivity contribution in [3.8, 4) is 45.2 Å². The summed E-state index contributed by atoms with van der Waals surface area (Å²) in [7, 11) is 0. The minimum absolute atomic E-state index is 0.841. The Hall–Kier alpha value is -6.20. The number of imidazole rings is 1. The second kappa shape index (κ2) is 10.2. The van der Waals surface area contributed by atoms with Gasteiger partial charge in [0.2, 0.25) is 0 Å². The fraction of sp³-hybridized carbons (Fsp3) is 0. The van der Waals surface area contributed by atoms with Gasteiger partial charge in [-0.05, 0) is 42.5 Å². The van der Waals surface area contributed by atoms with Gasteiger partial charge in [0, 0.05) is 39.0 Å². The van der Waals surface area contributed by atoms with Crippen LogP contribution in [0.1, 0.15) is 0 Å². The van der Waals surface area contributed by atoms with Crippen molar-refractivity contribution in [1.29, 1.82) is 0 Å². The van der Waals surface area contributed by atoms with Crippen LogP contribution in [0.5, 0.6) is 0 Å². The average Bonchev–Trinajstić information content (AvgIpc) is 3.51. The van der Waals surface area contributed by atoms with E-state index in [4.69, 9.17) is 19.9 Å². The van der Waals surface area contributed by atoms with Crippen molar-refractivity contribution >= 4 is 38.4 Å². The summed E-state index contributed by atoms with van der Waals surface area (Å²) in [5, 5.41) is 3.24. The molecule has 9 aromatic rings. The molecule has 0 radical (unpaired) electrons. The van der Waals surface area contributed by atoms with Gasteiger partial charge in [0.1, 0.15) is 11.3 Å². The predicted molar refractivity (Wildman–Crippen MR) is 183 cm³/mol. The summed E-state index contributed by atoms with van der Waals surface area (Å²) in [5.41, 5.74) is 11.3. The molecule has 5 aromatic heterocycles. The number of fused-ring (bicyclic) bond motifs is 5. The fourth-order valence-electron chi connectivity index (χ4n) is 6.17. The van der Waals surface area contributed by atoms with Gasteiger partial charge >= 0.3 is 0 Å². The first-order chi connectivity index (χ1) is 22.3. The molecule has 5 heteroatoms. The number of hydrogen-bond acceptors (Lipinski definition) is 4. The summed E-state index contributed by atoms with van der Waals surface area (Å²) in [5.74, 6) is 0. The summed E-state index contributed by atoms with van der Waals surface area (Å²) < 4.78 is 2.14. The Bertz CT molecular complexity index is 2550. The first-order valence-corrected chi connectivity index (χ1v) is 15.0. The number of hydrogen-bond donors (Lipinski definition) is 0. The van der Waals surface area contributed by atoms with Crippen molar-refractivity contribution in [2.24, 2.45) is 0 Å². The average molecular weight is 576 g/mol. The summed E-state index contributed by atoms with van der Waals surface area (Å²) >= 11 is 0. The van der Waals surface area contributed by atoms with E-state index in [0.717, 1.165) is 83.5 Å². The molecule has 0 N–H and O–H groups in total. The third-order valence-corrected chi connectivity index (χ3v) is 8.39. The normalized spacial score (nSPS) is 11.6. The maximum absolute atomic E-state index is 5.21. The number of pyridine rings is 4. The van der Waals surface area contributed by atoms with Gasteiger partial charge in [-0.15, -0.1) is 0 Å². The van der Waals surface area contributed by atoms with E-state index in [2.05, 4.69) is 102 Å². The third kappa shape index (κ3) is 4.33. The molecule has 0 bridgehead atoms. The van der Waals surface area contributed by atoms with Crippen LogP contribution in [-0.2, 0) is 0 Å². The van der Waals surface area contributed by atoms with E-state index in [9.17, 15) is 0 Å². The molecule has 0 saturated heterocycles. The summed E-state index contributed by atoms with van der Waals surface area (Å²) in [6.45, 7) is 0. The van der Waals surface area contributed by atoms with E-state index in [1.165, 1.54) is 0 Å². The number of rotatable bonds is 4. The molecule has 0 aliphatic carbocycles. The highest BCUT2D eigenvalue weighted by Crippen LogP contribution is 2.35. The monoisotopic (exact) mass is 575 g/mol. The highest BCUT2D eigenvalue weighted by molar-refractivity contribution is 6.04. The Labute approximate surface area is 259 Å². The van der Waals surface area contributed by atoms with Crippen molar-refractivity contribution in [2.75, 3.05) is 0 Å². The minimum atomic E-state index is 0.841. The van der Waals surface area contributed by atoms with E-state index in [1.54, 1.807) is 0 Å². The molecule has 5 nitrogen and oxygen atoms in total. The molecule has 4 aromatic carbocycles. The molecular formula is C40H25N5. The van der Waals surface area contributed by atoms with Crippen molar-refractivity contribution in [2.45, 2.75) is 0 Å². The van der Waals surface area contributed by atoms with Gasteiger partial charge in [-0.3, -0.25) is 4.40 Å². The first kappa shape index (κ1) is 25.3. The Balaban J connectivity index is 1.20. The molecule has 5 heterocycles. The van der Waals surface area contributed by atoms with Crippen molar-refractivity contribution in [3.63, 3.8) is 0 Å². The highest BCUT2D eigenvalue weighted by atomic mass is 15.0. The van der Waals surface area contributed by atoms with Gasteiger partial charge in [0.25, 0.3) is 0 Å². The van der Waals surface area contributed by atoms with Crippen LogP contribution in [0.25, 0.3) is 83.5 Å². The quantitative estimate of drug-likeness (QED) is 0.196. The largest absolute Gasteiger partial charge is 0.299 e. The summed E-state index contributed by atoms with van der Waals surface area (Å²) in [6, 6.07) is 49.9. The zero-order valence-electron chi connectivity index (χ0n) is 24.2. The lowest BCUT2D eigenvalue weighted by molar-refractivity contribution is 1.19. The molecule has 0 aliphatic rings. The summed E-state index contributed by atoms with van der Waals surface area (Å²) in [4.78, 5) is 20.4. The first-order valence-electron chi connectivity index (χ1n) is 15.0. The second-order valence-corrected chi connectivity index (χ2v) is 11.2. The van der Waals surface area contributed by atoms with Crippen LogP contribution in [0, 0.1) is 0 Å². The molecule has 0 aliphatic heterocycles. The third-order valence-electron chi connectivity index (χ3n) is 8.39. The van der Waals surface area contributed by atoms with E-state index >= 15 is 0 Å². The van der Waals surface area contributed by atoms with E-state index < -0.39 is 0 Å². The smallest absolute Gasteiger partial charge is 0.138 e. The van der Waals surface area contributed by atoms with E-state index in [1.807, 2.05) is 54.6 Å². The van der Waals surface area contributed by atoms with Gasteiger partial charge in [0.05, 0.1) is 39.3 Å². The number of para-hydroxylation sites is 1. The maximum Gasteiger partial charge on any atom is 0.138 e. The zero-order valence-corrected chi connectivity index (χ0v) is 24.2. The SMILES string of the molecule is c1ccc(-c2ccc3ccc4ccc(-c5cccc(-c6c(-c7ccc8ccccc8n7)nc7ccccn67)c5)nc4c3n2)cc1. The lowest BCUT2D eigenvalue weighted by atomic mass is 10.0. The van der Waals surface area contributed by atoms with Crippen LogP contribution in [0.4, 0.5) is 0 Å². The molecule has 45 heavy (non-hydrogen) atoms. The van der Waals surface area contributed by atoms with Gasteiger partial charge in [0.15, 0.2) is 0 Å². The van der Waals surface area contributed by atoms with Gasteiger partial charge in [-0.25, -0.2) is 19.9 Å². The predicted octanol–water partition coefficient (Wildman–Crippen LogP) is 9.65. The lowest BCUT2D eigenvalue weighted by Gasteiger charge is -2.10. The van der Waals surface area contributed by atoms with Crippen LogP contribution in [0.3, 0.4) is 0 Å². The molecule has 0 fully saturated rings. The van der Waals surface area contributed by atoms with Crippen LogP contribution in [0.15, 0.2) is 152 Å². The molecular weight excluding hydrogens is 550 g/mol. The van der Waals surface area contributed by atoms with Crippen LogP contribution >= 0.6 is 0 Å². The topological polar surface area (TPSA) is 56.0 Å². The number of aromatic nitrogens is 5. The van der Waals surface area contributed by atoms with Crippen molar-refractivity contribution < 1.29 is 0 Å². The van der Waals surface area contributed by atoms with Gasteiger partial charge in [-0.2, -0.15) is 0 Å². The Morgan fingerprint density at radius 3 is 1.84 bits per heavy atom. The standard InChI is InChI=1S/C40H25N5/c1-2-9-26(10-3-1)33-21-19-28-16-17-29-20-22-34(43-38(29)37(28)42-33)30-12-8-13-31(25-30)40-39(44-36-15-6-7-24-45(36)40)35-23-18-27-11-4-5-14-32(27)41-35/h1-25H. The molecule has 0 spiro atoms. The van der Waals surface area contributed by atoms with Crippen LogP contribution in [-0.4, -0.2) is 24.3 Å². The number of benzene rings is 4. The maximum atomic E-state index is 5.21. The minimum Gasteiger partial charge on any atom is -0.299 e. The highest BCUT2D eigenvalue weighted by Gasteiger charge is 2.18. The zero-order chi connectivity index (χ0) is 29.7. The van der Waals surface area contributed by atoms with E-state index in [0.29, 0.717) is 0 Å². The Kier molecular flexibility index (Phi) is 5.74. The van der Waals surface area contributed by atoms with E-state index in [-0.39, 0.29) is 0 Å². The van der Waals surface area contributed by atoms with Gasteiger partial charge in [-0.1, -0.05) is 103 Å². The van der Waals surface area contributed by atoms with Crippen molar-refractivity contribution in [1.82, 2.24) is 24.3 Å². The molecule has 0 amide bonds. The number of nitrogens with zero attached hydrogens (tertiary/aromatic N) is 5. The fourth-order valence-corrected chi connectivity index (χ4v) is 6.17. The lowest BCUT2D eigenvalue weighted by Crippen LogP contribution is -1.93. The second-order valence-electron chi connectivity index (χ2n) is 11.2. The Morgan fingerprint density at radius 1 is 0.400 bits per heavy atom. The van der Waals surface area contributed by atoms with Crippen LogP contribution in [0.2, 0.25) is 0 Å². The molecule has 0 saturated carbocycles. The molecule has 210 valence electrons. The Morgan fingerprint density at radius 2 is 1.02 bits per heavy atom. The van der Waals surface area contributed by atoms with Crippen molar-refractivity contribution in [3.05, 3.63) is 152 Å². The molecule has 0 atom stereocenters. The summed E-state index contributed by atoms with van der Waals surface area (Å²) in [6.07, 6.45) is 2.06. The molecule has 9 rings (SSSR count). The van der Waals surface area contributed by atoms with Gasteiger partial charge < -0.3 is 0 Å². The molecule has 0 unspecified atom stereocenters.